The molecule has 0 aliphatic carbocycles. The smallest absolute Gasteiger partial charge is 0.268 e. The molecule has 8 heteroatoms. The Kier molecular flexibility index (Phi) is 6.68. The minimum Gasteiger partial charge on any atom is -0.481 e. The number of benzene rings is 2. The average molecular weight is 464 g/mol. The van der Waals surface area contributed by atoms with Crippen LogP contribution in [-0.2, 0) is 16.1 Å². The maximum atomic E-state index is 13.0. The van der Waals surface area contributed by atoms with Gasteiger partial charge in [0.25, 0.3) is 11.8 Å². The van der Waals surface area contributed by atoms with Crippen LogP contribution >= 0.6 is 0 Å². The second-order valence-electron chi connectivity index (χ2n) is 8.87. The van der Waals surface area contributed by atoms with E-state index in [1.54, 1.807) is 49.3 Å². The van der Waals surface area contributed by atoms with Gasteiger partial charge in [-0.25, -0.2) is 0 Å². The topological polar surface area (TPSA) is 87.2 Å². The van der Waals surface area contributed by atoms with Crippen LogP contribution < -0.4 is 9.64 Å². The fourth-order valence-electron chi connectivity index (χ4n) is 4.22. The maximum absolute atomic E-state index is 13.0. The Morgan fingerprint density at radius 3 is 2.50 bits per heavy atom. The monoisotopic (exact) mass is 463 g/mol. The van der Waals surface area contributed by atoms with E-state index in [1.165, 1.54) is 9.80 Å². The summed E-state index contributed by atoms with van der Waals surface area (Å²) in [6, 6.07) is 12.3. The van der Waals surface area contributed by atoms with Gasteiger partial charge >= 0.3 is 0 Å². The molecular formula is C26H29N3O5. The van der Waals surface area contributed by atoms with Crippen LogP contribution in [0.2, 0.25) is 0 Å². The Labute approximate surface area is 199 Å². The summed E-state index contributed by atoms with van der Waals surface area (Å²) in [6.45, 7) is 2.85. The summed E-state index contributed by atoms with van der Waals surface area (Å²) in [5, 5.41) is 0. The number of Topliss-reactive ketones (excluding diaryl/α,β-unsaturated/α-hetero) is 1. The second kappa shape index (κ2) is 9.67. The number of amides is 3. The highest BCUT2D eigenvalue weighted by Crippen LogP contribution is 2.30. The summed E-state index contributed by atoms with van der Waals surface area (Å²) >= 11 is 0. The Hall–Kier alpha value is -3.68. The first-order valence-corrected chi connectivity index (χ1v) is 11.5. The molecule has 34 heavy (non-hydrogen) atoms. The predicted molar refractivity (Wildman–Crippen MR) is 127 cm³/mol. The third-order valence-electron chi connectivity index (χ3n) is 6.20. The van der Waals surface area contributed by atoms with E-state index in [2.05, 4.69) is 0 Å². The Balaban J connectivity index is 1.42. The van der Waals surface area contributed by atoms with Crippen LogP contribution in [0.3, 0.4) is 0 Å². The molecule has 0 saturated carbocycles. The fraction of sp³-hybridized carbons (Fsp3) is 0.385. The molecule has 8 nitrogen and oxygen atoms in total. The van der Waals surface area contributed by atoms with E-state index in [4.69, 9.17) is 4.74 Å². The zero-order valence-electron chi connectivity index (χ0n) is 19.7. The quantitative estimate of drug-likeness (QED) is 0.562. The van der Waals surface area contributed by atoms with Crippen molar-refractivity contribution in [1.29, 1.82) is 0 Å². The molecule has 3 amide bonds. The van der Waals surface area contributed by atoms with Gasteiger partial charge in [0, 0.05) is 56.8 Å². The first-order valence-electron chi connectivity index (χ1n) is 11.5. The Morgan fingerprint density at radius 1 is 1.09 bits per heavy atom. The number of hydrogen-bond acceptors (Lipinski definition) is 5. The van der Waals surface area contributed by atoms with Crippen LogP contribution in [0.1, 0.15) is 52.5 Å². The lowest BCUT2D eigenvalue weighted by Crippen LogP contribution is -2.36. The molecule has 0 radical (unpaired) electrons. The van der Waals surface area contributed by atoms with Crippen molar-refractivity contribution in [2.24, 2.45) is 0 Å². The molecule has 2 aliphatic rings. The van der Waals surface area contributed by atoms with E-state index in [9.17, 15) is 19.2 Å². The SMILES string of the molecule is CCCC(=O)c1ccc(O[C@@H]2CCN(c3ccc4c(c3)C(=O)N(CC(=O)N(C)C)C4)C2=O)cc1. The molecular weight excluding hydrogens is 434 g/mol. The van der Waals surface area contributed by atoms with Gasteiger partial charge in [-0.15, -0.1) is 0 Å². The molecule has 1 saturated heterocycles. The average Bonchev–Trinajstić information content (AvgIpc) is 3.33. The minimum absolute atomic E-state index is 0.0250. The van der Waals surface area contributed by atoms with Crippen molar-refractivity contribution in [1.82, 2.24) is 9.80 Å². The number of hydrogen-bond donors (Lipinski definition) is 0. The molecule has 2 aromatic carbocycles. The maximum Gasteiger partial charge on any atom is 0.268 e. The first kappa shape index (κ1) is 23.5. The van der Waals surface area contributed by atoms with Crippen LogP contribution in [0, 0.1) is 0 Å². The summed E-state index contributed by atoms with van der Waals surface area (Å²) in [6.07, 6.45) is 1.19. The molecule has 1 fully saturated rings. The lowest BCUT2D eigenvalue weighted by atomic mass is 10.1. The molecule has 2 aromatic rings. The molecule has 4 rings (SSSR count). The second-order valence-corrected chi connectivity index (χ2v) is 8.87. The molecule has 0 aromatic heterocycles. The van der Waals surface area contributed by atoms with Gasteiger partial charge in [-0.1, -0.05) is 13.0 Å². The van der Waals surface area contributed by atoms with Crippen molar-refractivity contribution in [3.05, 3.63) is 59.2 Å². The van der Waals surface area contributed by atoms with E-state index in [-0.39, 0.29) is 30.0 Å². The van der Waals surface area contributed by atoms with E-state index in [0.29, 0.717) is 48.5 Å². The lowest BCUT2D eigenvalue weighted by molar-refractivity contribution is -0.129. The highest BCUT2D eigenvalue weighted by atomic mass is 16.5. The minimum atomic E-state index is -0.629. The number of nitrogens with zero attached hydrogens (tertiary/aromatic N) is 3. The van der Waals surface area contributed by atoms with Crippen LogP contribution in [0.25, 0.3) is 0 Å². The van der Waals surface area contributed by atoms with Crippen molar-refractivity contribution in [3.8, 4) is 5.75 Å². The van der Waals surface area contributed by atoms with E-state index in [0.717, 1.165) is 12.0 Å². The number of ether oxygens (including phenoxy) is 1. The summed E-state index contributed by atoms with van der Waals surface area (Å²) < 4.78 is 5.91. The van der Waals surface area contributed by atoms with Gasteiger partial charge in [0.2, 0.25) is 5.91 Å². The Bertz CT molecular complexity index is 1130. The molecule has 0 bridgehead atoms. The summed E-state index contributed by atoms with van der Waals surface area (Å²) in [7, 11) is 3.32. The number of anilines is 1. The van der Waals surface area contributed by atoms with Crippen LogP contribution in [0.5, 0.6) is 5.75 Å². The zero-order valence-corrected chi connectivity index (χ0v) is 19.7. The number of carbonyl (C=O) groups excluding carboxylic acids is 4. The zero-order chi connectivity index (χ0) is 24.4. The largest absolute Gasteiger partial charge is 0.481 e. The van der Waals surface area contributed by atoms with Crippen LogP contribution in [-0.4, -0.2) is 66.6 Å². The van der Waals surface area contributed by atoms with E-state index >= 15 is 0 Å². The van der Waals surface area contributed by atoms with Crippen molar-refractivity contribution >= 4 is 29.2 Å². The molecule has 0 unspecified atom stereocenters. The van der Waals surface area contributed by atoms with Gasteiger partial charge in [-0.05, 0) is 48.4 Å². The molecule has 0 spiro atoms. The van der Waals surface area contributed by atoms with E-state index in [1.807, 2.05) is 19.1 Å². The molecule has 1 atom stereocenters. The molecule has 178 valence electrons. The van der Waals surface area contributed by atoms with Gasteiger partial charge in [0.1, 0.15) is 12.3 Å². The first-order chi connectivity index (χ1) is 16.3. The van der Waals surface area contributed by atoms with Crippen LogP contribution in [0.4, 0.5) is 5.69 Å². The summed E-state index contributed by atoms with van der Waals surface area (Å²) in [5.41, 5.74) is 2.65. The standard InChI is InChI=1S/C26H29N3O5/c1-4-5-22(30)17-7-10-20(11-8-17)34-23-12-13-29(26(23)33)19-9-6-18-15-28(16-24(31)27(2)3)25(32)21(18)14-19/h6-11,14,23H,4-5,12-13,15-16H2,1-3H3/t23-/m1/s1. The van der Waals surface area contributed by atoms with Crippen molar-refractivity contribution in [2.45, 2.75) is 38.8 Å². The highest BCUT2D eigenvalue weighted by Gasteiger charge is 2.36. The predicted octanol–water partition coefficient (Wildman–Crippen LogP) is 2.90. The molecule has 0 N–H and O–H groups in total. The highest BCUT2D eigenvalue weighted by molar-refractivity contribution is 6.04. The lowest BCUT2D eigenvalue weighted by Gasteiger charge is -2.18. The number of ketones is 1. The van der Waals surface area contributed by atoms with E-state index < -0.39 is 6.10 Å². The number of carbonyl (C=O) groups is 4. The van der Waals surface area contributed by atoms with Gasteiger partial charge < -0.3 is 19.4 Å². The fourth-order valence-corrected chi connectivity index (χ4v) is 4.22. The molecule has 2 aliphatic heterocycles. The Morgan fingerprint density at radius 2 is 1.82 bits per heavy atom. The number of fused-ring (bicyclic) bond motifs is 1. The van der Waals surface area contributed by atoms with Crippen molar-refractivity contribution in [3.63, 3.8) is 0 Å². The van der Waals surface area contributed by atoms with Gasteiger partial charge in [-0.2, -0.15) is 0 Å². The molecule has 2 heterocycles. The van der Waals surface area contributed by atoms with Gasteiger partial charge in [0.05, 0.1) is 0 Å². The number of rotatable bonds is 8. The summed E-state index contributed by atoms with van der Waals surface area (Å²) in [5.74, 6) is 0.116. The third-order valence-corrected chi connectivity index (χ3v) is 6.20. The van der Waals surface area contributed by atoms with Crippen molar-refractivity contribution < 1.29 is 23.9 Å². The number of likely N-dealkylation sites (N-methyl/N-ethyl adjacent to an activating group) is 1. The summed E-state index contributed by atoms with van der Waals surface area (Å²) in [4.78, 5) is 54.5. The van der Waals surface area contributed by atoms with Gasteiger partial charge in [-0.3, -0.25) is 19.2 Å². The normalized spacial score (nSPS) is 17.2. The van der Waals surface area contributed by atoms with Gasteiger partial charge in [0.15, 0.2) is 11.9 Å². The van der Waals surface area contributed by atoms with Crippen LogP contribution in [0.15, 0.2) is 42.5 Å². The third kappa shape index (κ3) is 4.66. The van der Waals surface area contributed by atoms with Crippen molar-refractivity contribution in [2.75, 3.05) is 32.1 Å².